The molecule has 0 saturated carbocycles. The van der Waals surface area contributed by atoms with E-state index in [1.54, 1.807) is 24.3 Å². The predicted octanol–water partition coefficient (Wildman–Crippen LogP) is 4.73. The fraction of sp³-hybridized carbons (Fsp3) is 0.172. The Morgan fingerprint density at radius 3 is 2.26 bits per heavy atom. The quantitative estimate of drug-likeness (QED) is 0.236. The summed E-state index contributed by atoms with van der Waals surface area (Å²) in [7, 11) is -2.22. The number of nitrogens with zero attached hydrogens (tertiary/aromatic N) is 2. The van der Waals surface area contributed by atoms with E-state index in [9.17, 15) is 13.2 Å². The Hall–Kier alpha value is -4.37. The summed E-state index contributed by atoms with van der Waals surface area (Å²) in [6.07, 6.45) is 2.53. The van der Waals surface area contributed by atoms with E-state index in [0.717, 1.165) is 21.7 Å². The second kappa shape index (κ2) is 11.8. The molecule has 9 heteroatoms. The summed E-state index contributed by atoms with van der Waals surface area (Å²) in [6.45, 7) is 1.94. The van der Waals surface area contributed by atoms with Gasteiger partial charge in [-0.1, -0.05) is 36.4 Å². The highest BCUT2D eigenvalue weighted by Gasteiger charge is 2.29. The van der Waals surface area contributed by atoms with Crippen molar-refractivity contribution < 1.29 is 22.7 Å². The Labute approximate surface area is 222 Å². The van der Waals surface area contributed by atoms with Gasteiger partial charge >= 0.3 is 0 Å². The van der Waals surface area contributed by atoms with Crippen LogP contribution in [0.1, 0.15) is 18.1 Å². The van der Waals surface area contributed by atoms with Crippen LogP contribution in [0.25, 0.3) is 10.8 Å². The average molecular weight is 532 g/mol. The Morgan fingerprint density at radius 2 is 1.61 bits per heavy atom. The minimum atomic E-state index is -3.73. The average Bonchev–Trinajstić information content (AvgIpc) is 2.92. The summed E-state index contributed by atoms with van der Waals surface area (Å²) in [5.74, 6) is 0.711. The number of hydrazone groups is 1. The van der Waals surface area contributed by atoms with Crippen molar-refractivity contribution in [1.29, 1.82) is 0 Å². The van der Waals surface area contributed by atoms with Crippen molar-refractivity contribution in [3.8, 4) is 11.5 Å². The van der Waals surface area contributed by atoms with Gasteiger partial charge in [-0.25, -0.2) is 13.8 Å². The number of hydrogen-bond acceptors (Lipinski definition) is 6. The zero-order valence-corrected chi connectivity index (χ0v) is 22.2. The summed E-state index contributed by atoms with van der Waals surface area (Å²) in [5.41, 5.74) is 4.58. The molecule has 4 rings (SSSR count). The van der Waals surface area contributed by atoms with Crippen LogP contribution < -0.4 is 19.2 Å². The number of carbonyl (C=O) groups excluding carboxylic acids is 1. The van der Waals surface area contributed by atoms with Crippen LogP contribution in [0.2, 0.25) is 0 Å². The molecule has 0 heterocycles. The van der Waals surface area contributed by atoms with Crippen LogP contribution in [0.5, 0.6) is 11.5 Å². The Kier molecular flexibility index (Phi) is 8.28. The molecule has 0 aliphatic heterocycles. The number of fused-ring (bicyclic) bond motifs is 1. The summed E-state index contributed by atoms with van der Waals surface area (Å²) in [6, 6.07) is 27.1. The van der Waals surface area contributed by atoms with Crippen molar-refractivity contribution in [2.75, 3.05) is 17.7 Å². The molecule has 8 nitrogen and oxygen atoms in total. The van der Waals surface area contributed by atoms with Gasteiger partial charge in [0.2, 0.25) is 10.0 Å². The first-order chi connectivity index (χ1) is 18.2. The standard InChI is InChI=1S/C29H29N3O5S/c1-21(32(38(3,34)35)26-12-16-27(36-2)17-13-26)29(33)31-30-19-22-9-14-28(15-10-22)37-20-23-8-11-24-6-4-5-7-25(24)18-23/h4-19,21H,20H2,1-3H3,(H,31,33)/b30-19-/t21-/m0/s1. The number of sulfonamides is 1. The molecule has 0 radical (unpaired) electrons. The highest BCUT2D eigenvalue weighted by molar-refractivity contribution is 7.92. The zero-order valence-electron chi connectivity index (χ0n) is 21.4. The minimum Gasteiger partial charge on any atom is -0.497 e. The molecule has 0 fully saturated rings. The lowest BCUT2D eigenvalue weighted by Crippen LogP contribution is -2.46. The molecule has 4 aromatic rings. The number of ether oxygens (including phenoxy) is 2. The molecule has 0 aromatic heterocycles. The van der Waals surface area contributed by atoms with Crippen molar-refractivity contribution in [2.24, 2.45) is 5.10 Å². The Bertz CT molecular complexity index is 1540. The fourth-order valence-electron chi connectivity index (χ4n) is 3.95. The summed E-state index contributed by atoms with van der Waals surface area (Å²) < 4.78 is 36.9. The first-order valence-electron chi connectivity index (χ1n) is 11.9. The predicted molar refractivity (Wildman–Crippen MR) is 150 cm³/mol. The highest BCUT2D eigenvalue weighted by atomic mass is 32.2. The summed E-state index contributed by atoms with van der Waals surface area (Å²) in [4.78, 5) is 12.7. The van der Waals surface area contributed by atoms with Gasteiger partial charge in [0, 0.05) is 0 Å². The van der Waals surface area contributed by atoms with Gasteiger partial charge in [-0.2, -0.15) is 5.10 Å². The minimum absolute atomic E-state index is 0.346. The Balaban J connectivity index is 1.34. The first kappa shape index (κ1) is 26.7. The smallest absolute Gasteiger partial charge is 0.263 e. The molecule has 0 saturated heterocycles. The van der Waals surface area contributed by atoms with Crippen molar-refractivity contribution in [3.63, 3.8) is 0 Å². The second-order valence-electron chi connectivity index (χ2n) is 8.71. The van der Waals surface area contributed by atoms with E-state index in [4.69, 9.17) is 9.47 Å². The van der Waals surface area contributed by atoms with E-state index in [1.165, 1.54) is 31.0 Å². The lowest BCUT2D eigenvalue weighted by molar-refractivity contribution is -0.121. The van der Waals surface area contributed by atoms with Crippen LogP contribution in [-0.4, -0.2) is 39.9 Å². The number of carbonyl (C=O) groups is 1. The highest BCUT2D eigenvalue weighted by Crippen LogP contribution is 2.24. The third-order valence-corrected chi connectivity index (χ3v) is 7.14. The van der Waals surface area contributed by atoms with Gasteiger partial charge in [0.15, 0.2) is 0 Å². The van der Waals surface area contributed by atoms with Gasteiger partial charge in [0.25, 0.3) is 5.91 Å². The number of hydrogen-bond donors (Lipinski definition) is 1. The molecular weight excluding hydrogens is 502 g/mol. The molecule has 196 valence electrons. The molecule has 1 amide bonds. The SMILES string of the molecule is COc1ccc(N([C@@H](C)C(=O)N/N=C\c2ccc(OCc3ccc4ccccc4c3)cc2)S(C)(=O)=O)cc1. The maximum Gasteiger partial charge on any atom is 0.263 e. The van der Waals surface area contributed by atoms with Crippen LogP contribution in [0.15, 0.2) is 96.1 Å². The van der Waals surface area contributed by atoms with E-state index in [-0.39, 0.29) is 0 Å². The van der Waals surface area contributed by atoms with Crippen molar-refractivity contribution in [2.45, 2.75) is 19.6 Å². The number of nitrogens with one attached hydrogen (secondary N) is 1. The lowest BCUT2D eigenvalue weighted by atomic mass is 10.1. The molecule has 4 aromatic carbocycles. The largest absolute Gasteiger partial charge is 0.497 e. The number of benzene rings is 4. The third kappa shape index (κ3) is 6.68. The van der Waals surface area contributed by atoms with Gasteiger partial charge < -0.3 is 9.47 Å². The monoisotopic (exact) mass is 531 g/mol. The second-order valence-corrected chi connectivity index (χ2v) is 10.6. The zero-order chi connectivity index (χ0) is 27.1. The van der Waals surface area contributed by atoms with Crippen molar-refractivity contribution >= 4 is 38.6 Å². The van der Waals surface area contributed by atoms with Crippen molar-refractivity contribution in [1.82, 2.24) is 5.43 Å². The molecule has 0 aliphatic carbocycles. The first-order valence-corrected chi connectivity index (χ1v) is 13.8. The summed E-state index contributed by atoms with van der Waals surface area (Å²) >= 11 is 0. The molecule has 1 N–H and O–H groups in total. The number of methoxy groups -OCH3 is 1. The van der Waals surface area contributed by atoms with Gasteiger partial charge in [-0.3, -0.25) is 9.10 Å². The van der Waals surface area contributed by atoms with Gasteiger partial charge in [0.05, 0.1) is 25.3 Å². The maximum atomic E-state index is 12.7. The van der Waals surface area contributed by atoms with E-state index in [0.29, 0.717) is 23.8 Å². The molecular formula is C29H29N3O5S. The van der Waals surface area contributed by atoms with Crippen LogP contribution in [0.4, 0.5) is 5.69 Å². The molecule has 0 bridgehead atoms. The third-order valence-electron chi connectivity index (χ3n) is 5.90. The van der Waals surface area contributed by atoms with E-state index < -0.39 is 22.0 Å². The molecule has 0 unspecified atom stereocenters. The van der Waals surface area contributed by atoms with Gasteiger partial charge in [0.1, 0.15) is 24.1 Å². The number of anilines is 1. The normalized spacial score (nSPS) is 12.3. The lowest BCUT2D eigenvalue weighted by Gasteiger charge is -2.27. The van der Waals surface area contributed by atoms with Crippen molar-refractivity contribution in [3.05, 3.63) is 102 Å². The van der Waals surface area contributed by atoms with E-state index in [1.807, 2.05) is 42.5 Å². The Morgan fingerprint density at radius 1 is 0.947 bits per heavy atom. The van der Waals surface area contributed by atoms with Gasteiger partial charge in [-0.15, -0.1) is 0 Å². The van der Waals surface area contributed by atoms with Crippen LogP contribution in [-0.2, 0) is 21.4 Å². The van der Waals surface area contributed by atoms with E-state index >= 15 is 0 Å². The molecule has 1 atom stereocenters. The molecule has 0 spiro atoms. The van der Waals surface area contributed by atoms with Crippen LogP contribution in [0.3, 0.4) is 0 Å². The van der Waals surface area contributed by atoms with Crippen LogP contribution in [0, 0.1) is 0 Å². The molecule has 38 heavy (non-hydrogen) atoms. The molecule has 0 aliphatic rings. The summed E-state index contributed by atoms with van der Waals surface area (Å²) in [5, 5.41) is 6.35. The van der Waals surface area contributed by atoms with E-state index in [2.05, 4.69) is 34.8 Å². The van der Waals surface area contributed by atoms with Gasteiger partial charge in [-0.05, 0) is 83.4 Å². The number of amides is 1. The fourth-order valence-corrected chi connectivity index (χ4v) is 5.12. The maximum absolute atomic E-state index is 12.7. The topological polar surface area (TPSA) is 97.3 Å². The van der Waals surface area contributed by atoms with Crippen LogP contribution >= 0.6 is 0 Å². The number of rotatable bonds is 10.